The maximum absolute atomic E-state index is 12.5. The third-order valence-electron chi connectivity index (χ3n) is 4.15. The van der Waals surface area contributed by atoms with Crippen LogP contribution in [0.2, 0.25) is 0 Å². The Hall–Kier alpha value is -1.34. The Morgan fingerprint density at radius 1 is 1.17 bits per heavy atom. The maximum Gasteiger partial charge on any atom is 0.253 e. The predicted molar refractivity (Wildman–Crippen MR) is 91.5 cm³/mol. The average Bonchev–Trinajstić information content (AvgIpc) is 2.80. The molecule has 2 N–H and O–H groups in total. The minimum Gasteiger partial charge on any atom is -0.390 e. The van der Waals surface area contributed by atoms with Crippen LogP contribution >= 0.6 is 12.4 Å². The van der Waals surface area contributed by atoms with Gasteiger partial charge < -0.3 is 25.0 Å². The number of β-amino-alcohol motifs (C(OH)–C–C–N with tert-alkyl or cyclic N) is 1. The highest BCUT2D eigenvalue weighted by atomic mass is 35.5. The third kappa shape index (κ3) is 4.57. The standard InChI is InChI=1S/C16H23N3O3.ClH/c20-15-11-17-5-6-19(12-15)16(21)13-1-3-14(4-2-13)18-7-9-22-10-8-18;/h1-4,15,17,20H,5-12H2;1H. The van der Waals surface area contributed by atoms with Gasteiger partial charge in [0.2, 0.25) is 0 Å². The van der Waals surface area contributed by atoms with Crippen LogP contribution in [-0.2, 0) is 4.74 Å². The van der Waals surface area contributed by atoms with Crippen molar-refractivity contribution in [2.24, 2.45) is 0 Å². The molecule has 2 heterocycles. The van der Waals surface area contributed by atoms with Crippen molar-refractivity contribution in [2.45, 2.75) is 6.10 Å². The van der Waals surface area contributed by atoms with Crippen molar-refractivity contribution in [1.82, 2.24) is 10.2 Å². The zero-order valence-electron chi connectivity index (χ0n) is 13.1. The van der Waals surface area contributed by atoms with Gasteiger partial charge in [-0.1, -0.05) is 0 Å². The highest BCUT2D eigenvalue weighted by Crippen LogP contribution is 2.17. The van der Waals surface area contributed by atoms with Gasteiger partial charge in [0.25, 0.3) is 5.91 Å². The fourth-order valence-electron chi connectivity index (χ4n) is 2.90. The van der Waals surface area contributed by atoms with Crippen LogP contribution in [0.4, 0.5) is 5.69 Å². The molecule has 0 bridgehead atoms. The molecule has 1 unspecified atom stereocenters. The van der Waals surface area contributed by atoms with Crippen molar-refractivity contribution in [1.29, 1.82) is 0 Å². The average molecular weight is 342 g/mol. The smallest absolute Gasteiger partial charge is 0.253 e. The molecule has 0 aliphatic carbocycles. The lowest BCUT2D eigenvalue weighted by Gasteiger charge is -2.29. The number of carbonyl (C=O) groups is 1. The topological polar surface area (TPSA) is 65.0 Å². The normalized spacial score (nSPS) is 22.2. The van der Waals surface area contributed by atoms with Crippen molar-refractivity contribution in [3.05, 3.63) is 29.8 Å². The van der Waals surface area contributed by atoms with Crippen molar-refractivity contribution in [2.75, 3.05) is 57.4 Å². The Labute approximate surface area is 142 Å². The first-order chi connectivity index (χ1) is 10.7. The number of aliphatic hydroxyl groups excluding tert-OH is 1. The van der Waals surface area contributed by atoms with E-state index in [0.29, 0.717) is 31.7 Å². The summed E-state index contributed by atoms with van der Waals surface area (Å²) >= 11 is 0. The largest absolute Gasteiger partial charge is 0.390 e. The summed E-state index contributed by atoms with van der Waals surface area (Å²) in [4.78, 5) is 16.5. The number of hydrogen-bond donors (Lipinski definition) is 2. The predicted octanol–water partition coefficient (Wildman–Crippen LogP) is 0.351. The van der Waals surface area contributed by atoms with Crippen LogP contribution in [0.25, 0.3) is 0 Å². The van der Waals surface area contributed by atoms with E-state index >= 15 is 0 Å². The number of rotatable bonds is 2. The van der Waals surface area contributed by atoms with Crippen LogP contribution in [0.1, 0.15) is 10.4 Å². The molecule has 2 aliphatic heterocycles. The fraction of sp³-hybridized carbons (Fsp3) is 0.562. The van der Waals surface area contributed by atoms with E-state index in [2.05, 4.69) is 10.2 Å². The summed E-state index contributed by atoms with van der Waals surface area (Å²) in [5.74, 6) is -0.0173. The van der Waals surface area contributed by atoms with E-state index < -0.39 is 6.10 Å². The molecule has 7 heteroatoms. The molecule has 0 aromatic heterocycles. The maximum atomic E-state index is 12.5. The van der Waals surface area contributed by atoms with Crippen molar-refractivity contribution < 1.29 is 14.6 Å². The van der Waals surface area contributed by atoms with Crippen LogP contribution < -0.4 is 10.2 Å². The first-order valence-corrected chi connectivity index (χ1v) is 7.85. The summed E-state index contributed by atoms with van der Waals surface area (Å²) in [6.07, 6.45) is -0.501. The molecule has 1 atom stereocenters. The van der Waals surface area contributed by atoms with Gasteiger partial charge in [-0.15, -0.1) is 12.4 Å². The van der Waals surface area contributed by atoms with Gasteiger partial charge in [0.1, 0.15) is 0 Å². The highest BCUT2D eigenvalue weighted by Gasteiger charge is 2.21. The number of amides is 1. The quantitative estimate of drug-likeness (QED) is 0.812. The number of ether oxygens (including phenoxy) is 1. The molecule has 0 radical (unpaired) electrons. The van der Waals surface area contributed by atoms with E-state index in [-0.39, 0.29) is 18.3 Å². The minimum absolute atomic E-state index is 0. The minimum atomic E-state index is -0.501. The fourth-order valence-corrected chi connectivity index (χ4v) is 2.90. The summed E-state index contributed by atoms with van der Waals surface area (Å²) in [6, 6.07) is 7.73. The second kappa shape index (κ2) is 8.49. The monoisotopic (exact) mass is 341 g/mol. The number of halogens is 1. The molecule has 2 aliphatic rings. The Kier molecular flexibility index (Phi) is 6.65. The van der Waals surface area contributed by atoms with Crippen molar-refractivity contribution >= 4 is 24.0 Å². The van der Waals surface area contributed by atoms with Crippen LogP contribution in [0.15, 0.2) is 24.3 Å². The lowest BCUT2D eigenvalue weighted by Crippen LogP contribution is -2.38. The summed E-state index contributed by atoms with van der Waals surface area (Å²) in [5.41, 5.74) is 1.79. The molecule has 0 saturated carbocycles. The zero-order valence-corrected chi connectivity index (χ0v) is 13.9. The number of nitrogens with zero attached hydrogens (tertiary/aromatic N) is 2. The number of benzene rings is 1. The molecule has 1 amide bonds. The Morgan fingerprint density at radius 3 is 2.57 bits per heavy atom. The molecule has 0 spiro atoms. The molecule has 1 aromatic carbocycles. The number of nitrogens with one attached hydrogen (secondary N) is 1. The van der Waals surface area contributed by atoms with Gasteiger partial charge in [0.05, 0.1) is 19.3 Å². The molecule has 1 aromatic rings. The Bertz CT molecular complexity index is 506. The molecule has 23 heavy (non-hydrogen) atoms. The summed E-state index contributed by atoms with van der Waals surface area (Å²) in [5, 5.41) is 12.9. The first kappa shape index (κ1) is 18.0. The van der Waals surface area contributed by atoms with Gasteiger partial charge in [-0.3, -0.25) is 4.79 Å². The Balaban J connectivity index is 0.00000192. The summed E-state index contributed by atoms with van der Waals surface area (Å²) in [6.45, 7) is 5.54. The second-order valence-corrected chi connectivity index (χ2v) is 5.76. The van der Waals surface area contributed by atoms with E-state index in [1.807, 2.05) is 24.3 Å². The van der Waals surface area contributed by atoms with Gasteiger partial charge in [-0.25, -0.2) is 0 Å². The number of carbonyl (C=O) groups excluding carboxylic acids is 1. The summed E-state index contributed by atoms with van der Waals surface area (Å²) in [7, 11) is 0. The van der Waals surface area contributed by atoms with Gasteiger partial charge >= 0.3 is 0 Å². The number of aliphatic hydroxyl groups is 1. The van der Waals surface area contributed by atoms with Crippen LogP contribution in [0.3, 0.4) is 0 Å². The molecule has 6 nitrogen and oxygen atoms in total. The van der Waals surface area contributed by atoms with Crippen LogP contribution in [0.5, 0.6) is 0 Å². The van der Waals surface area contributed by atoms with Crippen molar-refractivity contribution in [3.8, 4) is 0 Å². The van der Waals surface area contributed by atoms with Crippen molar-refractivity contribution in [3.63, 3.8) is 0 Å². The molecule has 2 saturated heterocycles. The lowest BCUT2D eigenvalue weighted by atomic mass is 10.1. The summed E-state index contributed by atoms with van der Waals surface area (Å²) < 4.78 is 5.35. The van der Waals surface area contributed by atoms with Gasteiger partial charge in [-0.05, 0) is 24.3 Å². The number of anilines is 1. The SMILES string of the molecule is Cl.O=C(c1ccc(N2CCOCC2)cc1)N1CCNCC(O)C1. The van der Waals surface area contributed by atoms with E-state index in [1.165, 1.54) is 0 Å². The molecule has 128 valence electrons. The van der Waals surface area contributed by atoms with Gasteiger partial charge in [0, 0.05) is 50.5 Å². The van der Waals surface area contributed by atoms with Crippen LogP contribution in [-0.4, -0.2) is 74.5 Å². The van der Waals surface area contributed by atoms with Gasteiger partial charge in [-0.2, -0.15) is 0 Å². The van der Waals surface area contributed by atoms with E-state index in [4.69, 9.17) is 4.74 Å². The second-order valence-electron chi connectivity index (χ2n) is 5.76. The Morgan fingerprint density at radius 2 is 1.87 bits per heavy atom. The van der Waals surface area contributed by atoms with Gasteiger partial charge in [0.15, 0.2) is 0 Å². The number of hydrogen-bond acceptors (Lipinski definition) is 5. The van der Waals surface area contributed by atoms with Crippen LogP contribution in [0, 0.1) is 0 Å². The molecular weight excluding hydrogens is 318 g/mol. The molecular formula is C16H24ClN3O3. The number of morpholine rings is 1. The molecule has 3 rings (SSSR count). The third-order valence-corrected chi connectivity index (χ3v) is 4.15. The van der Waals surface area contributed by atoms with E-state index in [0.717, 1.165) is 32.0 Å². The zero-order chi connectivity index (χ0) is 15.4. The highest BCUT2D eigenvalue weighted by molar-refractivity contribution is 5.94. The lowest BCUT2D eigenvalue weighted by molar-refractivity contribution is 0.0673. The first-order valence-electron chi connectivity index (χ1n) is 7.85. The molecule has 2 fully saturated rings. The van der Waals surface area contributed by atoms with E-state index in [1.54, 1.807) is 4.90 Å². The van der Waals surface area contributed by atoms with E-state index in [9.17, 15) is 9.90 Å².